The zero-order valence-corrected chi connectivity index (χ0v) is 14.7. The first-order valence-electron chi connectivity index (χ1n) is 8.30. The van der Waals surface area contributed by atoms with Crippen molar-refractivity contribution in [2.45, 2.75) is 18.9 Å². The van der Waals surface area contributed by atoms with Crippen molar-refractivity contribution >= 4 is 11.8 Å². The number of piperidine rings is 1. The van der Waals surface area contributed by atoms with Crippen molar-refractivity contribution in [1.29, 1.82) is 0 Å². The van der Waals surface area contributed by atoms with E-state index in [9.17, 15) is 9.90 Å². The van der Waals surface area contributed by atoms with Crippen LogP contribution in [-0.4, -0.2) is 61.5 Å². The van der Waals surface area contributed by atoms with Gasteiger partial charge in [-0.25, -0.2) is 4.79 Å². The maximum Gasteiger partial charge on any atom is 0.343 e. The molecule has 3 rings (SSSR count). The fourth-order valence-electron chi connectivity index (χ4n) is 3.22. The normalized spacial score (nSPS) is 15.6. The number of aromatic carboxylic acids is 1. The second-order valence-corrected chi connectivity index (χ2v) is 6.43. The lowest BCUT2D eigenvalue weighted by atomic mass is 10.0. The average Bonchev–Trinajstić information content (AvgIpc) is 3.07. The first-order valence-corrected chi connectivity index (χ1v) is 8.30. The van der Waals surface area contributed by atoms with Gasteiger partial charge in [-0.3, -0.25) is 0 Å². The Morgan fingerprint density at radius 2 is 1.92 bits per heavy atom. The van der Waals surface area contributed by atoms with Gasteiger partial charge in [-0.2, -0.15) is 0 Å². The number of ether oxygens (including phenoxy) is 1. The molecule has 1 N–H and O–H groups in total. The molecule has 2 heterocycles. The molecule has 0 atom stereocenters. The van der Waals surface area contributed by atoms with Crippen molar-refractivity contribution in [3.63, 3.8) is 0 Å². The number of benzene rings is 1. The van der Waals surface area contributed by atoms with Gasteiger partial charge in [0.25, 0.3) is 0 Å². The predicted molar refractivity (Wildman–Crippen MR) is 94.4 cm³/mol. The first kappa shape index (κ1) is 17.3. The lowest BCUT2D eigenvalue weighted by Gasteiger charge is -2.35. The Labute approximate surface area is 146 Å². The summed E-state index contributed by atoms with van der Waals surface area (Å²) in [5, 5.41) is 13.8. The standard InChI is InChI=1S/C18H23N3O4/c1-20(2)13-8-10-21(11-9-13)17-15(18(22)23)16(25-19-17)12-4-6-14(24-3)7-5-12/h4-7,13H,8-11H2,1-3H3,(H,22,23). The Bertz CT molecular complexity index is 731. The third-order valence-corrected chi connectivity index (χ3v) is 4.73. The molecule has 0 unspecified atom stereocenters. The molecule has 25 heavy (non-hydrogen) atoms. The van der Waals surface area contributed by atoms with E-state index < -0.39 is 5.97 Å². The van der Waals surface area contributed by atoms with Crippen LogP contribution in [-0.2, 0) is 0 Å². The van der Waals surface area contributed by atoms with Gasteiger partial charge in [0.2, 0.25) is 0 Å². The van der Waals surface area contributed by atoms with Gasteiger partial charge in [0, 0.05) is 24.7 Å². The summed E-state index contributed by atoms with van der Waals surface area (Å²) in [4.78, 5) is 16.1. The third kappa shape index (κ3) is 3.46. The van der Waals surface area contributed by atoms with Crippen LogP contribution in [0, 0.1) is 0 Å². The zero-order valence-electron chi connectivity index (χ0n) is 14.7. The van der Waals surface area contributed by atoms with Crippen LogP contribution < -0.4 is 9.64 Å². The average molecular weight is 345 g/mol. The van der Waals surface area contributed by atoms with Gasteiger partial charge in [0.05, 0.1) is 7.11 Å². The number of hydrogen-bond acceptors (Lipinski definition) is 6. The molecule has 1 aliphatic heterocycles. The van der Waals surface area contributed by atoms with E-state index in [1.165, 1.54) is 0 Å². The Morgan fingerprint density at radius 3 is 2.44 bits per heavy atom. The highest BCUT2D eigenvalue weighted by Crippen LogP contribution is 2.33. The van der Waals surface area contributed by atoms with Crippen LogP contribution in [0.25, 0.3) is 11.3 Å². The number of carboxylic acids is 1. The molecule has 1 saturated heterocycles. The van der Waals surface area contributed by atoms with Gasteiger partial charge in [-0.15, -0.1) is 0 Å². The van der Waals surface area contributed by atoms with Gasteiger partial charge in [-0.1, -0.05) is 5.16 Å². The fraction of sp³-hybridized carbons (Fsp3) is 0.444. The van der Waals surface area contributed by atoms with Crippen molar-refractivity contribution < 1.29 is 19.2 Å². The second-order valence-electron chi connectivity index (χ2n) is 6.43. The van der Waals surface area contributed by atoms with E-state index >= 15 is 0 Å². The highest BCUT2D eigenvalue weighted by Gasteiger charge is 2.30. The van der Waals surface area contributed by atoms with Crippen LogP contribution >= 0.6 is 0 Å². The number of rotatable bonds is 5. The van der Waals surface area contributed by atoms with Crippen LogP contribution in [0.4, 0.5) is 5.82 Å². The van der Waals surface area contributed by atoms with Crippen molar-refractivity contribution in [2.24, 2.45) is 0 Å². The predicted octanol–water partition coefficient (Wildman–Crippen LogP) is 2.58. The van der Waals surface area contributed by atoms with Crippen molar-refractivity contribution in [3.8, 4) is 17.1 Å². The van der Waals surface area contributed by atoms with Crippen molar-refractivity contribution in [2.75, 3.05) is 39.2 Å². The van der Waals surface area contributed by atoms with Crippen LogP contribution in [0.15, 0.2) is 28.8 Å². The topological polar surface area (TPSA) is 79.0 Å². The molecule has 0 saturated carbocycles. The van der Waals surface area contributed by atoms with E-state index in [4.69, 9.17) is 9.26 Å². The Morgan fingerprint density at radius 1 is 1.28 bits per heavy atom. The first-order chi connectivity index (χ1) is 12.0. The number of methoxy groups -OCH3 is 1. The molecule has 7 heteroatoms. The largest absolute Gasteiger partial charge is 0.497 e. The second kappa shape index (κ2) is 7.14. The highest BCUT2D eigenvalue weighted by molar-refractivity contribution is 5.99. The number of nitrogens with zero attached hydrogens (tertiary/aromatic N) is 3. The molecule has 0 bridgehead atoms. The summed E-state index contributed by atoms with van der Waals surface area (Å²) in [6, 6.07) is 7.59. The molecule has 1 aliphatic rings. The zero-order chi connectivity index (χ0) is 18.0. The third-order valence-electron chi connectivity index (χ3n) is 4.73. The van der Waals surface area contributed by atoms with Gasteiger partial charge >= 0.3 is 5.97 Å². The van der Waals surface area contributed by atoms with E-state index in [0.717, 1.165) is 25.9 Å². The van der Waals surface area contributed by atoms with Crippen LogP contribution in [0.3, 0.4) is 0 Å². The molecule has 0 amide bonds. The number of anilines is 1. The van der Waals surface area contributed by atoms with E-state index in [-0.39, 0.29) is 11.3 Å². The molecule has 2 aromatic rings. The van der Waals surface area contributed by atoms with E-state index in [2.05, 4.69) is 24.2 Å². The van der Waals surface area contributed by atoms with Gasteiger partial charge in [0.15, 0.2) is 17.1 Å². The quantitative estimate of drug-likeness (QED) is 0.892. The summed E-state index contributed by atoms with van der Waals surface area (Å²) in [6.45, 7) is 1.52. The lowest BCUT2D eigenvalue weighted by Crippen LogP contribution is -2.42. The molecular formula is C18H23N3O4. The Hall–Kier alpha value is -2.54. The Kier molecular flexibility index (Phi) is 4.94. The molecule has 0 spiro atoms. The minimum atomic E-state index is -1.03. The molecule has 1 aromatic heterocycles. The Balaban J connectivity index is 1.89. The summed E-state index contributed by atoms with van der Waals surface area (Å²) < 4.78 is 10.6. The van der Waals surface area contributed by atoms with Crippen molar-refractivity contribution in [1.82, 2.24) is 10.1 Å². The summed E-state index contributed by atoms with van der Waals surface area (Å²) in [6.07, 6.45) is 1.94. The van der Waals surface area contributed by atoms with Gasteiger partial charge < -0.3 is 24.2 Å². The van der Waals surface area contributed by atoms with Crippen molar-refractivity contribution in [3.05, 3.63) is 29.8 Å². The molecule has 0 aliphatic carbocycles. The molecule has 134 valence electrons. The smallest absolute Gasteiger partial charge is 0.343 e. The van der Waals surface area contributed by atoms with Crippen LogP contribution in [0.5, 0.6) is 5.75 Å². The minimum absolute atomic E-state index is 0.119. The molecular weight excluding hydrogens is 322 g/mol. The van der Waals surface area contributed by atoms with Gasteiger partial charge in [-0.05, 0) is 51.2 Å². The van der Waals surface area contributed by atoms with Crippen LogP contribution in [0.1, 0.15) is 23.2 Å². The molecule has 7 nitrogen and oxygen atoms in total. The number of carbonyl (C=O) groups is 1. The summed E-state index contributed by atoms with van der Waals surface area (Å²) in [5.74, 6) is 0.360. The fourth-order valence-corrected chi connectivity index (χ4v) is 3.22. The maximum absolute atomic E-state index is 11.9. The van der Waals surface area contributed by atoms with E-state index in [0.29, 0.717) is 23.2 Å². The highest BCUT2D eigenvalue weighted by atomic mass is 16.5. The van der Waals surface area contributed by atoms with E-state index in [1.807, 2.05) is 4.90 Å². The number of aromatic nitrogens is 1. The molecule has 0 radical (unpaired) electrons. The summed E-state index contributed by atoms with van der Waals surface area (Å²) >= 11 is 0. The summed E-state index contributed by atoms with van der Waals surface area (Å²) in [7, 11) is 5.73. The van der Waals surface area contributed by atoms with E-state index in [1.54, 1.807) is 31.4 Å². The lowest BCUT2D eigenvalue weighted by molar-refractivity contribution is 0.0697. The van der Waals surface area contributed by atoms with Gasteiger partial charge in [0.1, 0.15) is 5.75 Å². The maximum atomic E-state index is 11.9. The minimum Gasteiger partial charge on any atom is -0.497 e. The summed E-state index contributed by atoms with van der Waals surface area (Å²) in [5.41, 5.74) is 0.786. The number of hydrogen-bond donors (Lipinski definition) is 1. The van der Waals surface area contributed by atoms with Crippen LogP contribution in [0.2, 0.25) is 0 Å². The molecule has 1 fully saturated rings. The monoisotopic (exact) mass is 345 g/mol. The SMILES string of the molecule is COc1ccc(-c2onc(N3CCC(N(C)C)CC3)c2C(=O)O)cc1. The molecule has 1 aromatic carbocycles. The number of carboxylic acid groups (broad SMARTS) is 1.